The van der Waals surface area contributed by atoms with Crippen molar-refractivity contribution in [2.75, 3.05) is 18.8 Å². The number of benzene rings is 1. The molecule has 1 saturated carbocycles. The monoisotopic (exact) mass is 294 g/mol. The van der Waals surface area contributed by atoms with E-state index in [2.05, 4.69) is 4.90 Å². The van der Waals surface area contributed by atoms with E-state index in [-0.39, 0.29) is 0 Å². The van der Waals surface area contributed by atoms with Crippen LogP contribution >= 0.6 is 11.6 Å². The molecule has 0 spiro atoms. The Labute approximate surface area is 125 Å². The van der Waals surface area contributed by atoms with E-state index < -0.39 is 5.60 Å². The van der Waals surface area contributed by atoms with Gasteiger partial charge in [-0.05, 0) is 37.0 Å². The Hall–Kier alpha value is -0.770. The Balaban J connectivity index is 1.67. The Morgan fingerprint density at radius 1 is 1.35 bits per heavy atom. The number of fused-ring (bicyclic) bond motifs is 1. The average molecular weight is 295 g/mol. The van der Waals surface area contributed by atoms with E-state index in [1.165, 1.54) is 12.8 Å². The molecule has 2 fully saturated rings. The summed E-state index contributed by atoms with van der Waals surface area (Å²) in [6, 6.07) is 5.74. The fourth-order valence-corrected chi connectivity index (χ4v) is 3.96. The molecule has 0 amide bonds. The van der Waals surface area contributed by atoms with Crippen LogP contribution in [0.4, 0.5) is 5.69 Å². The van der Waals surface area contributed by atoms with E-state index in [4.69, 9.17) is 17.3 Å². The lowest BCUT2D eigenvalue weighted by molar-refractivity contribution is -0.0967. The Morgan fingerprint density at radius 3 is 3.00 bits per heavy atom. The number of likely N-dealkylation sites (tertiary alicyclic amines) is 1. The van der Waals surface area contributed by atoms with Crippen molar-refractivity contribution < 1.29 is 5.11 Å². The third-order valence-electron chi connectivity index (χ3n) is 4.98. The molecule has 1 aromatic rings. The maximum atomic E-state index is 10.7. The molecular weight excluding hydrogens is 272 g/mol. The van der Waals surface area contributed by atoms with Gasteiger partial charge in [-0.1, -0.05) is 30.5 Å². The maximum Gasteiger partial charge on any atom is 0.0700 e. The van der Waals surface area contributed by atoms with Crippen LogP contribution in [0.15, 0.2) is 18.2 Å². The summed E-state index contributed by atoms with van der Waals surface area (Å²) in [4.78, 5) is 2.42. The molecule has 3 rings (SSSR count). The minimum atomic E-state index is -0.403. The van der Waals surface area contributed by atoms with Crippen LogP contribution in [0, 0.1) is 5.92 Å². The SMILES string of the molecule is Nc1ccc(CN2CCC3(O)CCCCC3C2)c(Cl)c1. The number of hydrogen-bond donors (Lipinski definition) is 2. The van der Waals surface area contributed by atoms with Crippen molar-refractivity contribution in [3.05, 3.63) is 28.8 Å². The fourth-order valence-electron chi connectivity index (χ4n) is 3.72. The standard InChI is InChI=1S/C16H23ClN2O/c17-15-9-14(18)5-4-12(15)10-19-8-7-16(20)6-2-1-3-13(16)11-19/h4-5,9,13,20H,1-3,6-8,10-11,18H2. The van der Waals surface area contributed by atoms with Gasteiger partial charge in [-0.3, -0.25) is 4.90 Å². The van der Waals surface area contributed by atoms with Crippen LogP contribution in [0.2, 0.25) is 5.02 Å². The van der Waals surface area contributed by atoms with Crippen LogP contribution in [0.5, 0.6) is 0 Å². The molecule has 1 saturated heterocycles. The summed E-state index contributed by atoms with van der Waals surface area (Å²) in [5.41, 5.74) is 7.17. The van der Waals surface area contributed by atoms with Crippen LogP contribution in [0.1, 0.15) is 37.7 Å². The summed E-state index contributed by atoms with van der Waals surface area (Å²) in [5, 5.41) is 11.4. The van der Waals surface area contributed by atoms with Gasteiger partial charge in [-0.15, -0.1) is 0 Å². The molecule has 4 heteroatoms. The summed E-state index contributed by atoms with van der Waals surface area (Å²) < 4.78 is 0. The lowest BCUT2D eigenvalue weighted by Crippen LogP contribution is -2.52. The first kappa shape index (κ1) is 14.2. The molecular formula is C16H23ClN2O. The molecule has 1 heterocycles. The Kier molecular flexibility index (Phi) is 3.93. The van der Waals surface area contributed by atoms with Crippen molar-refractivity contribution in [1.82, 2.24) is 4.90 Å². The molecule has 20 heavy (non-hydrogen) atoms. The van der Waals surface area contributed by atoms with Crippen LogP contribution in [0.3, 0.4) is 0 Å². The molecule has 3 nitrogen and oxygen atoms in total. The summed E-state index contributed by atoms with van der Waals surface area (Å²) in [6.07, 6.45) is 5.46. The molecule has 1 aliphatic heterocycles. The zero-order valence-corrected chi connectivity index (χ0v) is 12.6. The highest BCUT2D eigenvalue weighted by Crippen LogP contribution is 2.40. The molecule has 1 aromatic carbocycles. The second-order valence-electron chi connectivity index (χ2n) is 6.38. The van der Waals surface area contributed by atoms with Gasteiger partial charge in [0.25, 0.3) is 0 Å². The number of halogens is 1. The van der Waals surface area contributed by atoms with Crippen molar-refractivity contribution >= 4 is 17.3 Å². The highest BCUT2D eigenvalue weighted by Gasteiger charge is 2.42. The van der Waals surface area contributed by atoms with Crippen molar-refractivity contribution in [2.24, 2.45) is 5.92 Å². The van der Waals surface area contributed by atoms with E-state index in [0.29, 0.717) is 11.6 Å². The molecule has 3 N–H and O–H groups in total. The lowest BCUT2D eigenvalue weighted by Gasteiger charge is -2.47. The summed E-state index contributed by atoms with van der Waals surface area (Å²) in [7, 11) is 0. The van der Waals surface area contributed by atoms with E-state index >= 15 is 0 Å². The van der Waals surface area contributed by atoms with Gasteiger partial charge >= 0.3 is 0 Å². The van der Waals surface area contributed by atoms with Crippen molar-refractivity contribution in [3.8, 4) is 0 Å². The molecule has 2 unspecified atom stereocenters. The molecule has 0 radical (unpaired) electrons. The van der Waals surface area contributed by atoms with Gasteiger partial charge in [0.1, 0.15) is 0 Å². The van der Waals surface area contributed by atoms with Gasteiger partial charge in [-0.2, -0.15) is 0 Å². The van der Waals surface area contributed by atoms with Crippen LogP contribution in [0.25, 0.3) is 0 Å². The molecule has 110 valence electrons. The third kappa shape index (κ3) is 2.80. The number of nitrogen functional groups attached to an aromatic ring is 1. The maximum absolute atomic E-state index is 10.7. The van der Waals surface area contributed by atoms with Crippen molar-refractivity contribution in [1.29, 1.82) is 0 Å². The zero-order valence-electron chi connectivity index (χ0n) is 11.8. The van der Waals surface area contributed by atoms with Crippen LogP contribution in [-0.2, 0) is 6.54 Å². The Bertz CT molecular complexity index is 493. The van der Waals surface area contributed by atoms with Gasteiger partial charge in [0.15, 0.2) is 0 Å². The molecule has 2 aliphatic rings. The molecule has 2 atom stereocenters. The predicted molar refractivity (Wildman–Crippen MR) is 82.7 cm³/mol. The minimum absolute atomic E-state index is 0.403. The van der Waals surface area contributed by atoms with Crippen molar-refractivity contribution in [3.63, 3.8) is 0 Å². The number of nitrogens with two attached hydrogens (primary N) is 1. The second-order valence-corrected chi connectivity index (χ2v) is 6.79. The van der Waals surface area contributed by atoms with E-state index in [0.717, 1.165) is 49.5 Å². The molecule has 1 aliphatic carbocycles. The molecule has 0 bridgehead atoms. The number of aliphatic hydroxyl groups is 1. The number of hydrogen-bond acceptors (Lipinski definition) is 3. The zero-order chi connectivity index (χ0) is 14.2. The van der Waals surface area contributed by atoms with Gasteiger partial charge < -0.3 is 10.8 Å². The Morgan fingerprint density at radius 2 is 2.20 bits per heavy atom. The first-order valence-electron chi connectivity index (χ1n) is 7.55. The van der Waals surface area contributed by atoms with E-state index in [1.807, 2.05) is 18.2 Å². The largest absolute Gasteiger partial charge is 0.399 e. The van der Waals surface area contributed by atoms with E-state index in [9.17, 15) is 5.11 Å². The van der Waals surface area contributed by atoms with Gasteiger partial charge in [0.2, 0.25) is 0 Å². The smallest absolute Gasteiger partial charge is 0.0700 e. The second kappa shape index (κ2) is 5.55. The summed E-state index contributed by atoms with van der Waals surface area (Å²) >= 11 is 6.26. The first-order chi connectivity index (χ1) is 9.57. The van der Waals surface area contributed by atoms with Gasteiger partial charge in [-0.25, -0.2) is 0 Å². The topological polar surface area (TPSA) is 49.5 Å². The van der Waals surface area contributed by atoms with Crippen LogP contribution in [-0.4, -0.2) is 28.7 Å². The fraction of sp³-hybridized carbons (Fsp3) is 0.625. The highest BCUT2D eigenvalue weighted by atomic mass is 35.5. The van der Waals surface area contributed by atoms with Gasteiger partial charge in [0, 0.05) is 36.3 Å². The number of nitrogens with zero attached hydrogens (tertiary/aromatic N) is 1. The first-order valence-corrected chi connectivity index (χ1v) is 7.93. The quantitative estimate of drug-likeness (QED) is 0.824. The lowest BCUT2D eigenvalue weighted by atomic mass is 9.71. The van der Waals surface area contributed by atoms with Crippen LogP contribution < -0.4 is 5.73 Å². The van der Waals surface area contributed by atoms with Crippen molar-refractivity contribution in [2.45, 2.75) is 44.2 Å². The number of anilines is 1. The highest BCUT2D eigenvalue weighted by molar-refractivity contribution is 6.31. The number of piperidine rings is 1. The molecule has 0 aromatic heterocycles. The summed E-state index contributed by atoms with van der Waals surface area (Å²) in [6.45, 7) is 2.79. The van der Waals surface area contributed by atoms with Gasteiger partial charge in [0.05, 0.1) is 5.60 Å². The summed E-state index contributed by atoms with van der Waals surface area (Å²) in [5.74, 6) is 0.428. The third-order valence-corrected chi connectivity index (χ3v) is 5.33. The average Bonchev–Trinajstić information content (AvgIpc) is 2.42. The normalized spacial score (nSPS) is 31.0. The number of rotatable bonds is 2. The predicted octanol–water partition coefficient (Wildman–Crippen LogP) is 3.05. The van der Waals surface area contributed by atoms with E-state index in [1.54, 1.807) is 0 Å². The minimum Gasteiger partial charge on any atom is -0.399 e.